The van der Waals surface area contributed by atoms with Gasteiger partial charge in [-0.1, -0.05) is 24.8 Å². The molecule has 1 heterocycles. The highest BCUT2D eigenvalue weighted by Crippen LogP contribution is 2.26. The lowest BCUT2D eigenvalue weighted by Gasteiger charge is -2.03. The van der Waals surface area contributed by atoms with Crippen LogP contribution in [0.1, 0.15) is 18.9 Å². The molecule has 20 heavy (non-hydrogen) atoms. The van der Waals surface area contributed by atoms with E-state index >= 15 is 0 Å². The molecule has 2 aromatic carbocycles. The van der Waals surface area contributed by atoms with Crippen molar-refractivity contribution >= 4 is 21.7 Å². The second kappa shape index (κ2) is 4.75. The molecule has 0 saturated heterocycles. The second-order valence-corrected chi connectivity index (χ2v) is 4.49. The fourth-order valence-corrected chi connectivity index (χ4v) is 2.19. The maximum atomic E-state index is 12.0. The number of phenols is 1. The zero-order valence-electron chi connectivity index (χ0n) is 10.9. The van der Waals surface area contributed by atoms with E-state index in [1.165, 1.54) is 6.07 Å². The zero-order chi connectivity index (χ0) is 14.1. The zero-order valence-corrected chi connectivity index (χ0v) is 10.9. The van der Waals surface area contributed by atoms with Crippen LogP contribution >= 0.6 is 0 Å². The van der Waals surface area contributed by atoms with E-state index in [1.807, 2.05) is 19.1 Å². The fraction of sp³-hybridized carbons (Fsp3) is 0.118. The van der Waals surface area contributed by atoms with Crippen LogP contribution in [0.2, 0.25) is 0 Å². The third-order valence-electron chi connectivity index (χ3n) is 3.11. The summed E-state index contributed by atoms with van der Waals surface area (Å²) in [5, 5.41) is 11.6. The average Bonchev–Trinajstić information content (AvgIpc) is 2.45. The van der Waals surface area contributed by atoms with Crippen molar-refractivity contribution in [3.05, 3.63) is 52.4 Å². The van der Waals surface area contributed by atoms with Crippen LogP contribution in [0.3, 0.4) is 0 Å². The first kappa shape index (κ1) is 12.3. The molecule has 0 bridgehead atoms. The monoisotopic (exact) mass is 264 g/mol. The maximum Gasteiger partial charge on any atom is 0.344 e. The van der Waals surface area contributed by atoms with Gasteiger partial charge in [-0.25, -0.2) is 4.79 Å². The number of hydrogen-bond donors (Lipinski definition) is 1. The van der Waals surface area contributed by atoms with E-state index in [0.29, 0.717) is 11.0 Å². The van der Waals surface area contributed by atoms with Gasteiger partial charge in [0.25, 0.3) is 0 Å². The molecule has 3 rings (SSSR count). The Balaban J connectivity index is 2.37. The molecule has 0 spiro atoms. The van der Waals surface area contributed by atoms with Gasteiger partial charge in [-0.15, -0.1) is 0 Å². The molecular formula is C17H12O3. The largest absolute Gasteiger partial charge is 0.508 e. The third-order valence-corrected chi connectivity index (χ3v) is 3.11. The Morgan fingerprint density at radius 1 is 1.10 bits per heavy atom. The summed E-state index contributed by atoms with van der Waals surface area (Å²) in [6, 6.07) is 10.3. The Morgan fingerprint density at radius 2 is 1.90 bits per heavy atom. The SMILES string of the molecule is CCC#Cc1ccc2c(c1)c(=O)oc1cc(O)ccc12. The van der Waals surface area contributed by atoms with Gasteiger partial charge in [-0.05, 0) is 24.3 Å². The topological polar surface area (TPSA) is 50.4 Å². The van der Waals surface area contributed by atoms with E-state index in [2.05, 4.69) is 11.8 Å². The quantitative estimate of drug-likeness (QED) is 0.384. The van der Waals surface area contributed by atoms with Gasteiger partial charge in [-0.3, -0.25) is 0 Å². The smallest absolute Gasteiger partial charge is 0.344 e. The van der Waals surface area contributed by atoms with Gasteiger partial charge in [-0.2, -0.15) is 0 Å². The van der Waals surface area contributed by atoms with Crippen LogP contribution in [0, 0.1) is 11.8 Å². The van der Waals surface area contributed by atoms with E-state index in [9.17, 15) is 9.90 Å². The molecule has 3 nitrogen and oxygen atoms in total. The summed E-state index contributed by atoms with van der Waals surface area (Å²) in [5.74, 6) is 6.05. The fourth-order valence-electron chi connectivity index (χ4n) is 2.19. The minimum atomic E-state index is -0.418. The van der Waals surface area contributed by atoms with Gasteiger partial charge in [0.05, 0.1) is 5.39 Å². The van der Waals surface area contributed by atoms with Crippen molar-refractivity contribution in [3.8, 4) is 17.6 Å². The third kappa shape index (κ3) is 2.02. The molecular weight excluding hydrogens is 252 g/mol. The van der Waals surface area contributed by atoms with Crippen LogP contribution in [0.15, 0.2) is 45.6 Å². The molecule has 0 unspecified atom stereocenters. The molecule has 1 aromatic heterocycles. The summed E-state index contributed by atoms with van der Waals surface area (Å²) in [6.07, 6.45) is 0.768. The molecule has 98 valence electrons. The highest BCUT2D eigenvalue weighted by molar-refractivity contribution is 6.04. The van der Waals surface area contributed by atoms with Gasteiger partial charge in [0.2, 0.25) is 0 Å². The molecule has 0 aliphatic heterocycles. The van der Waals surface area contributed by atoms with Crippen LogP contribution in [-0.2, 0) is 0 Å². The van der Waals surface area contributed by atoms with Crippen molar-refractivity contribution in [2.75, 3.05) is 0 Å². The molecule has 0 atom stereocenters. The highest BCUT2D eigenvalue weighted by Gasteiger charge is 2.08. The lowest BCUT2D eigenvalue weighted by Crippen LogP contribution is -2.00. The molecule has 0 aliphatic rings. The molecule has 0 fully saturated rings. The molecule has 0 aliphatic carbocycles. The molecule has 0 saturated carbocycles. The second-order valence-electron chi connectivity index (χ2n) is 4.49. The van der Waals surface area contributed by atoms with Crippen LogP contribution in [-0.4, -0.2) is 5.11 Å². The number of aromatic hydroxyl groups is 1. The first-order chi connectivity index (χ1) is 9.69. The lowest BCUT2D eigenvalue weighted by molar-refractivity contribution is 0.473. The summed E-state index contributed by atoms with van der Waals surface area (Å²) in [6.45, 7) is 1.97. The van der Waals surface area contributed by atoms with E-state index in [4.69, 9.17) is 4.42 Å². The predicted molar refractivity (Wildman–Crippen MR) is 78.8 cm³/mol. The summed E-state index contributed by atoms with van der Waals surface area (Å²) in [5.41, 5.74) is 0.762. The summed E-state index contributed by atoms with van der Waals surface area (Å²) >= 11 is 0. The average molecular weight is 264 g/mol. The minimum Gasteiger partial charge on any atom is -0.508 e. The van der Waals surface area contributed by atoms with E-state index in [1.54, 1.807) is 18.2 Å². The van der Waals surface area contributed by atoms with Crippen LogP contribution in [0.5, 0.6) is 5.75 Å². The van der Waals surface area contributed by atoms with Gasteiger partial charge >= 0.3 is 5.63 Å². The number of phenolic OH excluding ortho intramolecular Hbond substituents is 1. The maximum absolute atomic E-state index is 12.0. The van der Waals surface area contributed by atoms with E-state index < -0.39 is 5.63 Å². The standard InChI is InChI=1S/C17H12O3/c1-2-3-4-11-5-7-13-14-8-6-12(18)10-16(14)20-17(19)15(13)9-11/h5-10,18H,2H2,1H3. The van der Waals surface area contributed by atoms with E-state index in [0.717, 1.165) is 22.8 Å². The first-order valence-corrected chi connectivity index (χ1v) is 6.37. The van der Waals surface area contributed by atoms with Gasteiger partial charge in [0, 0.05) is 28.8 Å². The van der Waals surface area contributed by atoms with E-state index in [-0.39, 0.29) is 5.75 Å². The lowest BCUT2D eigenvalue weighted by atomic mass is 10.0. The van der Waals surface area contributed by atoms with Crippen molar-refractivity contribution in [2.24, 2.45) is 0 Å². The van der Waals surface area contributed by atoms with Gasteiger partial charge in [0.1, 0.15) is 11.3 Å². The first-order valence-electron chi connectivity index (χ1n) is 6.37. The Kier molecular flexibility index (Phi) is 2.92. The van der Waals surface area contributed by atoms with Gasteiger partial charge < -0.3 is 9.52 Å². The molecule has 0 amide bonds. The number of fused-ring (bicyclic) bond motifs is 3. The summed E-state index contributed by atoms with van der Waals surface area (Å²) in [4.78, 5) is 12.0. The van der Waals surface area contributed by atoms with Crippen LogP contribution in [0.25, 0.3) is 21.7 Å². The Hall–Kier alpha value is -2.73. The van der Waals surface area contributed by atoms with Crippen LogP contribution in [0.4, 0.5) is 0 Å². The van der Waals surface area contributed by atoms with Crippen LogP contribution < -0.4 is 5.63 Å². The summed E-state index contributed by atoms with van der Waals surface area (Å²) < 4.78 is 5.25. The minimum absolute atomic E-state index is 0.0745. The van der Waals surface area contributed by atoms with Crippen molar-refractivity contribution in [2.45, 2.75) is 13.3 Å². The van der Waals surface area contributed by atoms with Crippen molar-refractivity contribution < 1.29 is 9.52 Å². The van der Waals surface area contributed by atoms with Crippen molar-refractivity contribution in [1.29, 1.82) is 0 Å². The molecule has 1 N–H and O–H groups in total. The molecule has 3 aromatic rings. The molecule has 3 heteroatoms. The number of rotatable bonds is 0. The highest BCUT2D eigenvalue weighted by atomic mass is 16.4. The molecule has 0 radical (unpaired) electrons. The summed E-state index contributed by atoms with van der Waals surface area (Å²) in [7, 11) is 0. The Bertz CT molecular complexity index is 924. The Morgan fingerprint density at radius 3 is 2.70 bits per heavy atom. The van der Waals surface area contributed by atoms with Gasteiger partial charge in [0.15, 0.2) is 0 Å². The Labute approximate surface area is 115 Å². The number of benzene rings is 2. The number of hydrogen-bond acceptors (Lipinski definition) is 3. The van der Waals surface area contributed by atoms with Crippen molar-refractivity contribution in [3.63, 3.8) is 0 Å². The predicted octanol–water partition coefficient (Wildman–Crippen LogP) is 3.41. The normalized spacial score (nSPS) is 10.4. The van der Waals surface area contributed by atoms with Crippen molar-refractivity contribution in [1.82, 2.24) is 0 Å².